The summed E-state index contributed by atoms with van der Waals surface area (Å²) in [6.45, 7) is 1.05. The Morgan fingerprint density at radius 1 is 1.28 bits per heavy atom. The van der Waals surface area contributed by atoms with Crippen LogP contribution in [0.5, 0.6) is 0 Å². The molecule has 1 atom stereocenters. The molecular weight excluding hydrogens is 330 g/mol. The quantitative estimate of drug-likeness (QED) is 0.924. The topological polar surface area (TPSA) is 67.2 Å². The average Bonchev–Trinajstić information content (AvgIpc) is 2.98. The molecule has 2 amide bonds. The Kier molecular flexibility index (Phi) is 4.78. The minimum atomic E-state index is -0.594. The van der Waals surface area contributed by atoms with Crippen molar-refractivity contribution in [2.75, 3.05) is 18.4 Å². The van der Waals surface area contributed by atoms with E-state index in [0.29, 0.717) is 30.9 Å². The molecule has 0 bridgehead atoms. The summed E-state index contributed by atoms with van der Waals surface area (Å²) in [4.78, 5) is 25.2. The van der Waals surface area contributed by atoms with Crippen molar-refractivity contribution in [2.24, 2.45) is 13.0 Å². The van der Waals surface area contributed by atoms with Gasteiger partial charge in [0.1, 0.15) is 11.6 Å². The van der Waals surface area contributed by atoms with Gasteiger partial charge in [0.05, 0.1) is 0 Å². The number of nitrogens with one attached hydrogen (secondary N) is 1. The molecule has 1 unspecified atom stereocenters. The van der Waals surface area contributed by atoms with Crippen LogP contribution in [0.25, 0.3) is 0 Å². The van der Waals surface area contributed by atoms with Gasteiger partial charge in [-0.1, -0.05) is 0 Å². The highest BCUT2D eigenvalue weighted by Crippen LogP contribution is 2.22. The molecule has 132 valence electrons. The molecule has 0 saturated carbocycles. The fraction of sp³-hybridized carbons (Fsp3) is 0.353. The number of aryl methyl sites for hydroxylation is 1. The van der Waals surface area contributed by atoms with Crippen LogP contribution in [-0.4, -0.2) is 33.8 Å². The first-order chi connectivity index (χ1) is 11.9. The summed E-state index contributed by atoms with van der Waals surface area (Å²) in [5.41, 5.74) is 0.325. The van der Waals surface area contributed by atoms with E-state index >= 15 is 0 Å². The third-order valence-corrected chi connectivity index (χ3v) is 4.22. The van der Waals surface area contributed by atoms with Crippen molar-refractivity contribution < 1.29 is 13.6 Å². The van der Waals surface area contributed by atoms with Crippen LogP contribution in [0.15, 0.2) is 35.1 Å². The smallest absolute Gasteiger partial charge is 0.323 e. The first-order valence-electron chi connectivity index (χ1n) is 7.96. The number of halogens is 2. The highest BCUT2D eigenvalue weighted by Gasteiger charge is 2.26. The molecule has 1 N–H and O–H groups in total. The SMILES string of the molecule is Cn1nc(NC(=O)N2CCC(Cc3cc(F)cc(F)c3)C2)ccc1=O. The number of carbonyl (C=O) groups excluding carboxylic acids is 1. The summed E-state index contributed by atoms with van der Waals surface area (Å²) in [5, 5.41) is 6.60. The second kappa shape index (κ2) is 7.00. The predicted octanol–water partition coefficient (Wildman–Crippen LogP) is 2.15. The van der Waals surface area contributed by atoms with Crippen LogP contribution in [0, 0.1) is 17.6 Å². The Morgan fingerprint density at radius 2 is 2.00 bits per heavy atom. The van der Waals surface area contributed by atoms with Gasteiger partial charge in [0.2, 0.25) is 0 Å². The summed E-state index contributed by atoms with van der Waals surface area (Å²) < 4.78 is 27.7. The predicted molar refractivity (Wildman–Crippen MR) is 88.2 cm³/mol. The monoisotopic (exact) mass is 348 g/mol. The molecule has 25 heavy (non-hydrogen) atoms. The molecule has 3 rings (SSSR count). The lowest BCUT2D eigenvalue weighted by Gasteiger charge is -2.17. The van der Waals surface area contributed by atoms with Crippen molar-refractivity contribution in [3.63, 3.8) is 0 Å². The van der Waals surface area contributed by atoms with Crippen molar-refractivity contribution in [3.05, 3.63) is 57.9 Å². The van der Waals surface area contributed by atoms with Crippen molar-refractivity contribution in [1.29, 1.82) is 0 Å². The molecule has 8 heteroatoms. The highest BCUT2D eigenvalue weighted by atomic mass is 19.1. The van der Waals surface area contributed by atoms with Crippen molar-refractivity contribution in [2.45, 2.75) is 12.8 Å². The molecule has 2 heterocycles. The summed E-state index contributed by atoms with van der Waals surface area (Å²) >= 11 is 0. The van der Waals surface area contributed by atoms with Gasteiger partial charge in [0.25, 0.3) is 5.56 Å². The molecular formula is C17H18F2N4O2. The standard InChI is InChI=1S/C17H18F2N4O2/c1-22-16(24)3-2-15(21-22)20-17(25)23-5-4-11(10-23)6-12-7-13(18)9-14(19)8-12/h2-3,7-9,11H,4-6,10H2,1H3,(H,20,21,25). The second-order valence-electron chi connectivity index (χ2n) is 6.19. The number of hydrogen-bond acceptors (Lipinski definition) is 3. The number of aromatic nitrogens is 2. The molecule has 1 saturated heterocycles. The number of anilines is 1. The van der Waals surface area contributed by atoms with E-state index in [2.05, 4.69) is 10.4 Å². The number of urea groups is 1. The maximum absolute atomic E-state index is 13.3. The molecule has 1 aromatic carbocycles. The van der Waals surface area contributed by atoms with Crippen LogP contribution in [0.3, 0.4) is 0 Å². The van der Waals surface area contributed by atoms with E-state index in [0.717, 1.165) is 17.2 Å². The van der Waals surface area contributed by atoms with Gasteiger partial charge in [0.15, 0.2) is 5.82 Å². The van der Waals surface area contributed by atoms with Gasteiger partial charge in [-0.05, 0) is 42.5 Å². The Hall–Kier alpha value is -2.77. The molecule has 1 fully saturated rings. The summed E-state index contributed by atoms with van der Waals surface area (Å²) in [5.74, 6) is -0.755. The molecule has 1 aromatic heterocycles. The van der Waals surface area contributed by atoms with Gasteiger partial charge in [-0.15, -0.1) is 0 Å². The summed E-state index contributed by atoms with van der Waals surface area (Å²) in [6, 6.07) is 5.95. The number of amides is 2. The lowest BCUT2D eigenvalue weighted by Crippen LogP contribution is -2.34. The molecule has 0 aliphatic carbocycles. The van der Waals surface area contributed by atoms with Crippen molar-refractivity contribution in [1.82, 2.24) is 14.7 Å². The van der Waals surface area contributed by atoms with E-state index in [1.807, 2.05) is 0 Å². The molecule has 0 radical (unpaired) electrons. The van der Waals surface area contributed by atoms with Gasteiger partial charge in [-0.2, -0.15) is 5.10 Å². The molecule has 2 aromatic rings. The van der Waals surface area contributed by atoms with E-state index in [9.17, 15) is 18.4 Å². The third-order valence-electron chi connectivity index (χ3n) is 4.22. The van der Waals surface area contributed by atoms with E-state index in [1.54, 1.807) is 4.90 Å². The Morgan fingerprint density at radius 3 is 2.68 bits per heavy atom. The van der Waals surface area contributed by atoms with Gasteiger partial charge in [0, 0.05) is 32.3 Å². The second-order valence-corrected chi connectivity index (χ2v) is 6.19. The lowest BCUT2D eigenvalue weighted by molar-refractivity contribution is 0.220. The minimum Gasteiger partial charge on any atom is -0.324 e. The summed E-state index contributed by atoms with van der Waals surface area (Å²) in [6.07, 6.45) is 1.27. The fourth-order valence-corrected chi connectivity index (χ4v) is 3.00. The first kappa shape index (κ1) is 17.1. The normalized spacial score (nSPS) is 16.9. The van der Waals surface area contributed by atoms with Crippen LogP contribution in [0.2, 0.25) is 0 Å². The van der Waals surface area contributed by atoms with Crippen molar-refractivity contribution in [3.8, 4) is 0 Å². The van der Waals surface area contributed by atoms with Gasteiger partial charge in [-0.25, -0.2) is 18.3 Å². The largest absolute Gasteiger partial charge is 0.324 e. The lowest BCUT2D eigenvalue weighted by atomic mass is 9.98. The zero-order chi connectivity index (χ0) is 18.0. The van der Waals surface area contributed by atoms with Gasteiger partial charge >= 0.3 is 6.03 Å². The average molecular weight is 348 g/mol. The molecule has 6 nitrogen and oxygen atoms in total. The van der Waals surface area contributed by atoms with Crippen LogP contribution in [0.4, 0.5) is 19.4 Å². The Balaban J connectivity index is 1.59. The van der Waals surface area contributed by atoms with E-state index in [4.69, 9.17) is 0 Å². The first-order valence-corrected chi connectivity index (χ1v) is 7.96. The molecule has 1 aliphatic heterocycles. The van der Waals surface area contributed by atoms with Gasteiger partial charge in [-0.3, -0.25) is 10.1 Å². The van der Waals surface area contributed by atoms with Crippen LogP contribution >= 0.6 is 0 Å². The van der Waals surface area contributed by atoms with Crippen molar-refractivity contribution >= 4 is 11.8 Å². The van der Waals surface area contributed by atoms with E-state index in [1.165, 1.54) is 31.3 Å². The number of hydrogen-bond donors (Lipinski definition) is 1. The minimum absolute atomic E-state index is 0.139. The fourth-order valence-electron chi connectivity index (χ4n) is 3.00. The number of carbonyl (C=O) groups is 1. The van der Waals surface area contributed by atoms with E-state index in [-0.39, 0.29) is 17.5 Å². The number of benzene rings is 1. The maximum Gasteiger partial charge on any atom is 0.323 e. The highest BCUT2D eigenvalue weighted by molar-refractivity contribution is 5.88. The van der Waals surface area contributed by atoms with Gasteiger partial charge < -0.3 is 4.90 Å². The Bertz CT molecular complexity index is 833. The maximum atomic E-state index is 13.3. The van der Waals surface area contributed by atoms with Crippen LogP contribution in [0.1, 0.15) is 12.0 Å². The Labute approximate surface area is 143 Å². The third kappa shape index (κ3) is 4.20. The number of rotatable bonds is 3. The van der Waals surface area contributed by atoms with E-state index < -0.39 is 11.6 Å². The van der Waals surface area contributed by atoms with Crippen LogP contribution in [-0.2, 0) is 13.5 Å². The number of nitrogens with zero attached hydrogens (tertiary/aromatic N) is 3. The number of likely N-dealkylation sites (tertiary alicyclic amines) is 1. The molecule has 0 spiro atoms. The zero-order valence-corrected chi connectivity index (χ0v) is 13.7. The zero-order valence-electron chi connectivity index (χ0n) is 13.7. The van der Waals surface area contributed by atoms with Crippen LogP contribution < -0.4 is 10.9 Å². The molecule has 1 aliphatic rings. The summed E-state index contributed by atoms with van der Waals surface area (Å²) in [7, 11) is 1.50.